The molecule has 0 aliphatic heterocycles. The fourth-order valence-electron chi connectivity index (χ4n) is 3.42. The van der Waals surface area contributed by atoms with Crippen LogP contribution in [0.4, 0.5) is 0 Å². The number of carbonyl (C=O) groups is 1. The number of carboxylic acid groups (broad SMARTS) is 1. The molecule has 0 aliphatic rings. The van der Waals surface area contributed by atoms with Crippen molar-refractivity contribution < 1.29 is 14.5 Å². The van der Waals surface area contributed by atoms with Gasteiger partial charge in [-0.25, -0.2) is 14.3 Å². The number of nitrogens with zero attached hydrogens (tertiary/aromatic N) is 1. The Bertz CT molecular complexity index is 468. The highest BCUT2D eigenvalue weighted by atomic mass is 16.4. The second-order valence-corrected chi connectivity index (χ2v) is 7.33. The van der Waals surface area contributed by atoms with Gasteiger partial charge in [0, 0.05) is 6.42 Å². The maximum Gasteiger partial charge on any atom is 0.379 e. The van der Waals surface area contributed by atoms with Gasteiger partial charge in [-0.05, 0) is 6.42 Å². The summed E-state index contributed by atoms with van der Waals surface area (Å²) < 4.78 is 1.75. The van der Waals surface area contributed by atoms with Crippen molar-refractivity contribution in [1.82, 2.24) is 4.98 Å². The summed E-state index contributed by atoms with van der Waals surface area (Å²) in [6.45, 7) is 2.27. The number of aromatic carboxylic acids is 1. The molecule has 0 saturated heterocycles. The molecule has 25 heavy (non-hydrogen) atoms. The molecule has 0 radical (unpaired) electrons. The second kappa shape index (κ2) is 13.9. The van der Waals surface area contributed by atoms with Crippen molar-refractivity contribution in [3.63, 3.8) is 0 Å². The van der Waals surface area contributed by atoms with Crippen LogP contribution in [0.15, 0.2) is 6.20 Å². The molecule has 144 valence electrons. The highest BCUT2D eigenvalue weighted by Crippen LogP contribution is 2.13. The first-order valence-electron chi connectivity index (χ1n) is 10.5. The molecular formula is C21H39N2O2+. The molecular weight excluding hydrogens is 312 g/mol. The van der Waals surface area contributed by atoms with Crippen LogP contribution in [0.3, 0.4) is 0 Å². The molecule has 0 spiro atoms. The van der Waals surface area contributed by atoms with Crippen LogP contribution in [0, 0.1) is 0 Å². The number of carboxylic acids is 1. The molecule has 1 aromatic rings. The molecule has 0 amide bonds. The van der Waals surface area contributed by atoms with E-state index >= 15 is 0 Å². The fourth-order valence-corrected chi connectivity index (χ4v) is 3.42. The van der Waals surface area contributed by atoms with Crippen LogP contribution >= 0.6 is 0 Å². The molecule has 4 heteroatoms. The number of nitrogens with one attached hydrogen (secondary N) is 1. The molecule has 0 atom stereocenters. The molecule has 0 bridgehead atoms. The first kappa shape index (κ1) is 21.7. The maximum atomic E-state index is 11.0. The summed E-state index contributed by atoms with van der Waals surface area (Å²) in [5, 5.41) is 9.03. The lowest BCUT2D eigenvalue weighted by Gasteiger charge is -2.03. The third-order valence-corrected chi connectivity index (χ3v) is 5.13. The summed E-state index contributed by atoms with van der Waals surface area (Å²) in [6, 6.07) is 0. The van der Waals surface area contributed by atoms with E-state index in [-0.39, 0.29) is 0 Å². The van der Waals surface area contributed by atoms with Crippen molar-refractivity contribution in [1.29, 1.82) is 0 Å². The summed E-state index contributed by atoms with van der Waals surface area (Å²) in [5.74, 6) is 0.141. The number of hydrogen-bond donors (Lipinski definition) is 2. The van der Waals surface area contributed by atoms with E-state index in [1.54, 1.807) is 10.8 Å². The van der Waals surface area contributed by atoms with Gasteiger partial charge < -0.3 is 5.11 Å². The van der Waals surface area contributed by atoms with Gasteiger partial charge in [0.2, 0.25) is 0 Å². The van der Waals surface area contributed by atoms with Crippen molar-refractivity contribution in [3.8, 4) is 0 Å². The van der Waals surface area contributed by atoms with Gasteiger partial charge in [-0.2, -0.15) is 0 Å². The first-order valence-corrected chi connectivity index (χ1v) is 10.5. The van der Waals surface area contributed by atoms with Crippen LogP contribution < -0.4 is 4.57 Å². The standard InChI is InChI=1S/C21H38N2O2/c1-3-4-5-6-7-8-9-10-11-12-13-14-15-16-17-20-22-18-19(21(24)25)23(20)2/h18H,3-17H2,1-2H3,(H,24,25)/p+1. The van der Waals surface area contributed by atoms with Crippen molar-refractivity contribution in [3.05, 3.63) is 17.7 Å². The lowest BCUT2D eigenvalue weighted by molar-refractivity contribution is -0.680. The summed E-state index contributed by atoms with van der Waals surface area (Å²) in [5.41, 5.74) is 0.334. The van der Waals surface area contributed by atoms with Gasteiger partial charge in [0.05, 0.1) is 7.05 Å². The Hall–Kier alpha value is -1.32. The minimum Gasteiger partial charge on any atom is -0.475 e. The lowest BCUT2D eigenvalue weighted by Crippen LogP contribution is -2.37. The number of rotatable bonds is 16. The number of aromatic nitrogens is 2. The first-order chi connectivity index (χ1) is 12.2. The summed E-state index contributed by atoms with van der Waals surface area (Å²) in [4.78, 5) is 14.1. The van der Waals surface area contributed by atoms with E-state index in [1.165, 1.54) is 83.5 Å². The van der Waals surface area contributed by atoms with E-state index in [0.29, 0.717) is 5.69 Å². The molecule has 0 aromatic carbocycles. The quantitative estimate of drug-likeness (QED) is 0.302. The van der Waals surface area contributed by atoms with Gasteiger partial charge in [0.25, 0.3) is 11.5 Å². The Morgan fingerprint density at radius 1 is 0.880 bits per heavy atom. The highest BCUT2D eigenvalue weighted by Gasteiger charge is 2.19. The van der Waals surface area contributed by atoms with Crippen molar-refractivity contribution >= 4 is 5.97 Å². The average molecular weight is 352 g/mol. The monoisotopic (exact) mass is 351 g/mol. The van der Waals surface area contributed by atoms with Crippen LogP contribution in [0.25, 0.3) is 0 Å². The number of hydrogen-bond acceptors (Lipinski definition) is 1. The zero-order valence-corrected chi connectivity index (χ0v) is 16.5. The van der Waals surface area contributed by atoms with Crippen LogP contribution in [-0.2, 0) is 13.5 Å². The predicted molar refractivity (Wildman–Crippen MR) is 103 cm³/mol. The van der Waals surface area contributed by atoms with E-state index in [2.05, 4.69) is 11.9 Å². The van der Waals surface area contributed by atoms with Gasteiger partial charge in [-0.15, -0.1) is 0 Å². The predicted octanol–water partition coefficient (Wildman–Crippen LogP) is 5.56. The van der Waals surface area contributed by atoms with Crippen molar-refractivity contribution in [2.24, 2.45) is 7.05 Å². The number of unbranched alkanes of at least 4 members (excludes halogenated alkanes) is 13. The van der Waals surface area contributed by atoms with Gasteiger partial charge in [-0.1, -0.05) is 90.4 Å². The summed E-state index contributed by atoms with van der Waals surface area (Å²) >= 11 is 0. The maximum absolute atomic E-state index is 11.0. The molecule has 2 N–H and O–H groups in total. The molecule has 0 fully saturated rings. The Labute approximate surface area is 154 Å². The van der Waals surface area contributed by atoms with Gasteiger partial charge in [0.1, 0.15) is 6.20 Å². The third-order valence-electron chi connectivity index (χ3n) is 5.13. The lowest BCUT2D eigenvalue weighted by atomic mass is 10.0. The van der Waals surface area contributed by atoms with Crippen LogP contribution in [0.2, 0.25) is 0 Å². The Balaban J connectivity index is 1.88. The minimum atomic E-state index is -0.869. The number of aromatic amines is 1. The Morgan fingerprint density at radius 2 is 1.32 bits per heavy atom. The topological polar surface area (TPSA) is 57.0 Å². The smallest absolute Gasteiger partial charge is 0.379 e. The zero-order chi connectivity index (χ0) is 18.3. The van der Waals surface area contributed by atoms with E-state index < -0.39 is 5.97 Å². The largest absolute Gasteiger partial charge is 0.475 e. The van der Waals surface area contributed by atoms with Gasteiger partial charge in [0.15, 0.2) is 0 Å². The molecule has 1 heterocycles. The molecule has 0 aliphatic carbocycles. The van der Waals surface area contributed by atoms with E-state index in [1.807, 2.05) is 7.05 Å². The highest BCUT2D eigenvalue weighted by molar-refractivity contribution is 5.83. The summed E-state index contributed by atoms with van der Waals surface area (Å²) in [7, 11) is 1.82. The normalized spacial score (nSPS) is 11.1. The average Bonchev–Trinajstić information content (AvgIpc) is 2.96. The SMILES string of the molecule is CCCCCCCCCCCCCCCCc1[nH]cc(C(=O)O)[n+]1C. The van der Waals surface area contributed by atoms with Crippen molar-refractivity contribution in [2.75, 3.05) is 0 Å². The number of imidazole rings is 1. The van der Waals surface area contributed by atoms with E-state index in [9.17, 15) is 4.79 Å². The molecule has 1 aromatic heterocycles. The summed E-state index contributed by atoms with van der Waals surface area (Å²) in [6.07, 6.45) is 21.6. The minimum absolute atomic E-state index is 0.334. The fraction of sp³-hybridized carbons (Fsp3) is 0.810. The van der Waals surface area contributed by atoms with Crippen LogP contribution in [0.1, 0.15) is 113 Å². The van der Waals surface area contributed by atoms with Gasteiger partial charge in [-0.3, -0.25) is 0 Å². The number of aryl methyl sites for hydroxylation is 1. The Morgan fingerprint density at radius 3 is 1.72 bits per heavy atom. The second-order valence-electron chi connectivity index (χ2n) is 7.33. The van der Waals surface area contributed by atoms with Crippen molar-refractivity contribution in [2.45, 2.75) is 103 Å². The van der Waals surface area contributed by atoms with Crippen LogP contribution in [-0.4, -0.2) is 16.1 Å². The molecule has 4 nitrogen and oxygen atoms in total. The third kappa shape index (κ3) is 9.66. The zero-order valence-electron chi connectivity index (χ0n) is 16.5. The van der Waals surface area contributed by atoms with E-state index in [4.69, 9.17) is 5.11 Å². The van der Waals surface area contributed by atoms with Crippen LogP contribution in [0.5, 0.6) is 0 Å². The molecule has 0 unspecified atom stereocenters. The van der Waals surface area contributed by atoms with E-state index in [0.717, 1.165) is 18.7 Å². The van der Waals surface area contributed by atoms with Gasteiger partial charge >= 0.3 is 5.97 Å². The Kier molecular flexibility index (Phi) is 12.1. The number of H-pyrrole nitrogens is 1. The molecule has 0 saturated carbocycles. The molecule has 1 rings (SSSR count).